The van der Waals surface area contributed by atoms with Gasteiger partial charge in [0.25, 0.3) is 0 Å². The SMILES string of the molecule is C[C@H](O)C12c3ccccc3C(c3ccccc31)[C@H]1C(=O)N(c3ccc(Cl)cc3)C(=O)[C@@H]12. The molecule has 4 nitrogen and oxygen atoms in total. The standard InChI is InChI=1S/C26H20ClNO3/c1-14(29)26-19-8-4-2-6-17(19)21(18-7-3-5-9-20(18)26)22-23(26)25(31)28(24(22)30)16-12-10-15(27)11-13-16/h2-14,21-23,29H,1H3/t14-,21?,22+,23+,26?/m0/s1. The van der Waals surface area contributed by atoms with Crippen LogP contribution in [0.4, 0.5) is 5.69 Å². The number of benzene rings is 3. The lowest BCUT2D eigenvalue weighted by Crippen LogP contribution is -2.58. The Morgan fingerprint density at radius 3 is 1.97 bits per heavy atom. The maximum Gasteiger partial charge on any atom is 0.239 e. The average molecular weight is 430 g/mol. The molecule has 7 rings (SSSR count). The van der Waals surface area contributed by atoms with Crippen molar-refractivity contribution in [3.63, 3.8) is 0 Å². The number of amides is 2. The van der Waals surface area contributed by atoms with Crippen molar-refractivity contribution >= 4 is 29.1 Å². The third-order valence-electron chi connectivity index (χ3n) is 7.43. The first-order valence-electron chi connectivity index (χ1n) is 10.5. The summed E-state index contributed by atoms with van der Waals surface area (Å²) in [5.41, 5.74) is 3.51. The first-order valence-corrected chi connectivity index (χ1v) is 10.9. The molecule has 0 radical (unpaired) electrons. The highest BCUT2D eigenvalue weighted by Gasteiger charge is 2.69. The molecule has 3 aliphatic carbocycles. The molecule has 0 spiro atoms. The quantitative estimate of drug-likeness (QED) is 0.619. The molecular weight excluding hydrogens is 410 g/mol. The normalized spacial score (nSPS) is 28.9. The number of nitrogens with zero attached hydrogens (tertiary/aromatic N) is 1. The van der Waals surface area contributed by atoms with Gasteiger partial charge in [-0.05, 0) is 53.4 Å². The first-order chi connectivity index (χ1) is 15.0. The third kappa shape index (κ3) is 2.14. The van der Waals surface area contributed by atoms with Crippen LogP contribution in [0.3, 0.4) is 0 Å². The largest absolute Gasteiger partial charge is 0.392 e. The fourth-order valence-corrected chi connectivity index (χ4v) is 6.51. The Labute approximate surface area is 185 Å². The Bertz CT molecular complexity index is 1200. The van der Waals surface area contributed by atoms with Crippen molar-refractivity contribution in [3.05, 3.63) is 100 Å². The van der Waals surface area contributed by atoms with Crippen LogP contribution < -0.4 is 4.90 Å². The van der Waals surface area contributed by atoms with Crippen molar-refractivity contribution in [1.82, 2.24) is 0 Å². The topological polar surface area (TPSA) is 57.6 Å². The average Bonchev–Trinajstić information content (AvgIpc) is 3.05. The summed E-state index contributed by atoms with van der Waals surface area (Å²) >= 11 is 6.03. The van der Waals surface area contributed by atoms with E-state index in [9.17, 15) is 14.7 Å². The Morgan fingerprint density at radius 2 is 1.42 bits per heavy atom. The fourth-order valence-electron chi connectivity index (χ4n) is 6.38. The van der Waals surface area contributed by atoms with Crippen LogP contribution in [0.1, 0.15) is 35.1 Å². The highest BCUT2D eigenvalue weighted by molar-refractivity contribution is 6.31. The Kier molecular flexibility index (Phi) is 3.81. The van der Waals surface area contributed by atoms with Gasteiger partial charge in [0.15, 0.2) is 0 Å². The molecule has 0 saturated carbocycles. The predicted octanol–water partition coefficient (Wildman–Crippen LogP) is 4.27. The van der Waals surface area contributed by atoms with E-state index in [2.05, 4.69) is 0 Å². The number of anilines is 1. The van der Waals surface area contributed by atoms with Crippen LogP contribution in [0, 0.1) is 11.8 Å². The van der Waals surface area contributed by atoms with Crippen molar-refractivity contribution in [1.29, 1.82) is 0 Å². The monoisotopic (exact) mass is 429 g/mol. The fraction of sp³-hybridized carbons (Fsp3) is 0.231. The zero-order valence-corrected chi connectivity index (χ0v) is 17.6. The van der Waals surface area contributed by atoms with Crippen LogP contribution in [-0.2, 0) is 15.0 Å². The van der Waals surface area contributed by atoms with Gasteiger partial charge in [-0.15, -0.1) is 0 Å². The van der Waals surface area contributed by atoms with E-state index in [4.69, 9.17) is 11.6 Å². The van der Waals surface area contributed by atoms with Crippen LogP contribution >= 0.6 is 11.6 Å². The molecule has 1 N–H and O–H groups in total. The summed E-state index contributed by atoms with van der Waals surface area (Å²) in [5.74, 6) is -1.90. The van der Waals surface area contributed by atoms with Gasteiger partial charge in [-0.1, -0.05) is 60.1 Å². The van der Waals surface area contributed by atoms with E-state index in [1.165, 1.54) is 4.90 Å². The summed E-state index contributed by atoms with van der Waals surface area (Å²) in [5, 5.41) is 11.8. The van der Waals surface area contributed by atoms with Gasteiger partial charge in [0.2, 0.25) is 11.8 Å². The lowest BCUT2D eigenvalue weighted by Gasteiger charge is -2.55. The summed E-state index contributed by atoms with van der Waals surface area (Å²) in [7, 11) is 0. The van der Waals surface area contributed by atoms with Gasteiger partial charge < -0.3 is 5.11 Å². The molecule has 5 heteroatoms. The molecule has 0 aromatic heterocycles. The maximum absolute atomic E-state index is 13.9. The van der Waals surface area contributed by atoms with E-state index in [-0.39, 0.29) is 17.7 Å². The van der Waals surface area contributed by atoms with Crippen LogP contribution in [0.2, 0.25) is 5.02 Å². The highest BCUT2D eigenvalue weighted by atomic mass is 35.5. The molecular formula is C26H20ClNO3. The zero-order chi connectivity index (χ0) is 21.5. The molecule has 1 saturated heterocycles. The second kappa shape index (κ2) is 6.28. The second-order valence-electron chi connectivity index (χ2n) is 8.69. The van der Waals surface area contributed by atoms with Crippen LogP contribution in [-0.4, -0.2) is 23.0 Å². The number of aliphatic hydroxyl groups excluding tert-OH is 1. The molecule has 1 fully saturated rings. The summed E-state index contributed by atoms with van der Waals surface area (Å²) in [4.78, 5) is 29.0. The Morgan fingerprint density at radius 1 is 0.871 bits per heavy atom. The van der Waals surface area contributed by atoms with Crippen molar-refractivity contribution in [2.24, 2.45) is 11.8 Å². The minimum Gasteiger partial charge on any atom is -0.392 e. The molecule has 2 amide bonds. The van der Waals surface area contributed by atoms with Gasteiger partial charge in [-0.2, -0.15) is 0 Å². The molecule has 154 valence electrons. The number of imide groups is 1. The molecule has 1 aliphatic heterocycles. The third-order valence-corrected chi connectivity index (χ3v) is 7.68. The molecule has 3 atom stereocenters. The van der Waals surface area contributed by atoms with E-state index in [1.54, 1.807) is 31.2 Å². The van der Waals surface area contributed by atoms with Crippen molar-refractivity contribution in [2.75, 3.05) is 4.90 Å². The van der Waals surface area contributed by atoms with Gasteiger partial charge in [0.1, 0.15) is 0 Å². The van der Waals surface area contributed by atoms with Crippen LogP contribution in [0.15, 0.2) is 72.8 Å². The smallest absolute Gasteiger partial charge is 0.239 e. The van der Waals surface area contributed by atoms with Gasteiger partial charge in [-0.3, -0.25) is 9.59 Å². The van der Waals surface area contributed by atoms with Crippen molar-refractivity contribution in [2.45, 2.75) is 24.4 Å². The predicted molar refractivity (Wildman–Crippen MR) is 118 cm³/mol. The number of aliphatic hydroxyl groups is 1. The number of hydrogen-bond donors (Lipinski definition) is 1. The molecule has 31 heavy (non-hydrogen) atoms. The van der Waals surface area contributed by atoms with Crippen molar-refractivity contribution < 1.29 is 14.7 Å². The Hall–Kier alpha value is -2.95. The summed E-state index contributed by atoms with van der Waals surface area (Å²) in [6, 6.07) is 22.7. The molecule has 1 heterocycles. The van der Waals surface area contributed by atoms with E-state index in [0.717, 1.165) is 22.3 Å². The number of rotatable bonds is 2. The van der Waals surface area contributed by atoms with Crippen LogP contribution in [0.25, 0.3) is 0 Å². The van der Waals surface area contributed by atoms with E-state index < -0.39 is 23.4 Å². The number of halogens is 1. The van der Waals surface area contributed by atoms with E-state index in [0.29, 0.717) is 10.7 Å². The summed E-state index contributed by atoms with van der Waals surface area (Å²) < 4.78 is 0. The number of hydrogen-bond acceptors (Lipinski definition) is 3. The minimum atomic E-state index is -0.972. The molecule has 3 aromatic rings. The Balaban J connectivity index is 1.66. The van der Waals surface area contributed by atoms with E-state index in [1.807, 2.05) is 48.5 Å². The molecule has 4 aliphatic rings. The number of carbonyl (C=O) groups excluding carboxylic acids is 2. The lowest BCUT2D eigenvalue weighted by atomic mass is 9.46. The first kappa shape index (κ1) is 18.8. The van der Waals surface area contributed by atoms with Crippen LogP contribution in [0.5, 0.6) is 0 Å². The zero-order valence-electron chi connectivity index (χ0n) is 16.8. The van der Waals surface area contributed by atoms with E-state index >= 15 is 0 Å². The molecule has 2 bridgehead atoms. The summed E-state index contributed by atoms with van der Waals surface area (Å²) in [6.07, 6.45) is -0.856. The number of carbonyl (C=O) groups is 2. The van der Waals surface area contributed by atoms with Gasteiger partial charge in [0, 0.05) is 10.9 Å². The van der Waals surface area contributed by atoms with Crippen molar-refractivity contribution in [3.8, 4) is 0 Å². The lowest BCUT2D eigenvalue weighted by molar-refractivity contribution is -0.126. The molecule has 3 aromatic carbocycles. The van der Waals surface area contributed by atoms with Gasteiger partial charge in [0.05, 0.1) is 29.0 Å². The summed E-state index contributed by atoms with van der Waals surface area (Å²) in [6.45, 7) is 1.74. The second-order valence-corrected chi connectivity index (χ2v) is 9.13. The molecule has 0 unspecified atom stereocenters. The van der Waals surface area contributed by atoms with Gasteiger partial charge in [-0.25, -0.2) is 4.90 Å². The minimum absolute atomic E-state index is 0.212. The highest BCUT2D eigenvalue weighted by Crippen LogP contribution is 2.65. The van der Waals surface area contributed by atoms with Gasteiger partial charge >= 0.3 is 0 Å². The maximum atomic E-state index is 13.9.